The Balaban J connectivity index is 4.31. The zero-order chi connectivity index (χ0) is 53.4. The number of hydrogen-bond donors (Lipinski definition) is 0. The van der Waals surface area contributed by atoms with Gasteiger partial charge in [-0.1, -0.05) is 273 Å². The van der Waals surface area contributed by atoms with Crippen molar-refractivity contribution in [2.24, 2.45) is 0 Å². The van der Waals surface area contributed by atoms with Gasteiger partial charge in [0.2, 0.25) is 0 Å². The summed E-state index contributed by atoms with van der Waals surface area (Å²) in [5.41, 5.74) is 0. The summed E-state index contributed by atoms with van der Waals surface area (Å²) >= 11 is 0. The van der Waals surface area contributed by atoms with E-state index in [-0.39, 0.29) is 25.2 Å². The van der Waals surface area contributed by atoms with Crippen molar-refractivity contribution in [2.45, 2.75) is 322 Å². The van der Waals surface area contributed by atoms with Crippen molar-refractivity contribution < 1.29 is 23.8 Å². The average molecular weight is 1030 g/mol. The molecule has 0 aliphatic carbocycles. The number of esters is 2. The SMILES string of the molecule is CC/C=C\C/C=C\C/C=C\C/C=C\CCCCCCCCC(=O)OCC(COCCCCCCCCCCCC/C=C\C/C=C\CCCCC)OC(=O)CCCCCCCCCCC/C=C\CCCCCCCC. The van der Waals surface area contributed by atoms with Crippen molar-refractivity contribution in [3.05, 3.63) is 85.1 Å². The maximum Gasteiger partial charge on any atom is 0.306 e. The number of unbranched alkanes of at least 4 members (excludes halogenated alkanes) is 34. The molecule has 0 rings (SSSR count). The van der Waals surface area contributed by atoms with Crippen LogP contribution < -0.4 is 0 Å². The number of ether oxygens (including phenoxy) is 3. The molecule has 1 unspecified atom stereocenters. The van der Waals surface area contributed by atoms with Crippen LogP contribution in [0.3, 0.4) is 0 Å². The molecule has 1 atom stereocenters. The standard InChI is InChI=1S/C69H122O5/c1-4-7-10-13-16-19-22-25-28-31-34-37-40-43-46-49-52-55-58-61-64-72-65-67(74-69(71)63-60-57-54-51-48-45-42-39-36-33-30-27-24-21-18-15-12-9-6-3)66-73-68(70)62-59-56-53-50-47-44-41-38-35-32-29-26-23-20-17-14-11-8-5-2/h8,11,16-17,19-20,25-30,35,38,67H,4-7,9-10,12-15,18,21-24,31-34,36-37,39-66H2,1-3H3/b11-8-,19-16-,20-17-,28-25-,29-26-,30-27-,38-35-. The molecule has 0 aliphatic rings. The fourth-order valence-corrected chi connectivity index (χ4v) is 9.12. The molecule has 0 saturated carbocycles. The van der Waals surface area contributed by atoms with Gasteiger partial charge in [-0.05, 0) is 116 Å². The third-order valence-electron chi connectivity index (χ3n) is 13.9. The van der Waals surface area contributed by atoms with Gasteiger partial charge in [-0.2, -0.15) is 0 Å². The largest absolute Gasteiger partial charge is 0.462 e. The first kappa shape index (κ1) is 71.1. The molecule has 0 bridgehead atoms. The summed E-state index contributed by atoms with van der Waals surface area (Å²) in [6, 6.07) is 0. The minimum Gasteiger partial charge on any atom is -0.462 e. The molecule has 0 saturated heterocycles. The van der Waals surface area contributed by atoms with Crippen LogP contribution in [0.15, 0.2) is 85.1 Å². The predicted molar refractivity (Wildman–Crippen MR) is 325 cm³/mol. The van der Waals surface area contributed by atoms with Gasteiger partial charge in [0.05, 0.1) is 6.61 Å². The molecule has 0 aromatic heterocycles. The summed E-state index contributed by atoms with van der Waals surface area (Å²) in [5.74, 6) is -0.406. The Morgan fingerprint density at radius 1 is 0.311 bits per heavy atom. The Hall–Kier alpha value is -2.92. The summed E-state index contributed by atoms with van der Waals surface area (Å²) in [6.45, 7) is 7.71. The molecule has 0 amide bonds. The lowest BCUT2D eigenvalue weighted by atomic mass is 10.1. The van der Waals surface area contributed by atoms with Crippen LogP contribution in [0.25, 0.3) is 0 Å². The molecule has 0 heterocycles. The third-order valence-corrected chi connectivity index (χ3v) is 13.9. The monoisotopic (exact) mass is 1030 g/mol. The maximum absolute atomic E-state index is 12.9. The zero-order valence-electron chi connectivity index (χ0n) is 49.3. The highest BCUT2D eigenvalue weighted by Gasteiger charge is 2.17. The molecular formula is C69H122O5. The first-order chi connectivity index (χ1) is 36.6. The van der Waals surface area contributed by atoms with Crippen LogP contribution in [0.4, 0.5) is 0 Å². The molecule has 0 N–H and O–H groups in total. The highest BCUT2D eigenvalue weighted by molar-refractivity contribution is 5.70. The van der Waals surface area contributed by atoms with E-state index in [0.29, 0.717) is 19.4 Å². The fourth-order valence-electron chi connectivity index (χ4n) is 9.12. The third kappa shape index (κ3) is 61.6. The summed E-state index contributed by atoms with van der Waals surface area (Å²) in [6.07, 6.45) is 86.2. The Morgan fingerprint density at radius 3 is 1.01 bits per heavy atom. The molecule has 0 aromatic rings. The van der Waals surface area contributed by atoms with Crippen LogP contribution in [0, 0.1) is 0 Å². The van der Waals surface area contributed by atoms with Crippen LogP contribution in [0.1, 0.15) is 316 Å². The van der Waals surface area contributed by atoms with Crippen LogP contribution in [0.2, 0.25) is 0 Å². The molecule has 0 spiro atoms. The second-order valence-corrected chi connectivity index (χ2v) is 21.3. The van der Waals surface area contributed by atoms with Gasteiger partial charge in [0.15, 0.2) is 6.10 Å². The lowest BCUT2D eigenvalue weighted by Gasteiger charge is -2.18. The van der Waals surface area contributed by atoms with E-state index in [0.717, 1.165) is 83.5 Å². The first-order valence-corrected chi connectivity index (χ1v) is 32.1. The molecule has 428 valence electrons. The normalized spacial score (nSPS) is 12.7. The lowest BCUT2D eigenvalue weighted by molar-refractivity contribution is -0.163. The number of rotatable bonds is 59. The Morgan fingerprint density at radius 2 is 0.608 bits per heavy atom. The second-order valence-electron chi connectivity index (χ2n) is 21.3. The van der Waals surface area contributed by atoms with Crippen LogP contribution >= 0.6 is 0 Å². The van der Waals surface area contributed by atoms with Crippen molar-refractivity contribution in [1.29, 1.82) is 0 Å². The molecule has 0 aromatic carbocycles. The van der Waals surface area contributed by atoms with Crippen molar-refractivity contribution in [1.82, 2.24) is 0 Å². The topological polar surface area (TPSA) is 61.8 Å². The van der Waals surface area contributed by atoms with Crippen LogP contribution in [0.5, 0.6) is 0 Å². The molecule has 5 nitrogen and oxygen atoms in total. The smallest absolute Gasteiger partial charge is 0.306 e. The second kappa shape index (κ2) is 64.4. The first-order valence-electron chi connectivity index (χ1n) is 32.1. The van der Waals surface area contributed by atoms with Gasteiger partial charge >= 0.3 is 11.9 Å². The van der Waals surface area contributed by atoms with Gasteiger partial charge in [-0.15, -0.1) is 0 Å². The summed E-state index contributed by atoms with van der Waals surface area (Å²) in [5, 5.41) is 0. The average Bonchev–Trinajstić information content (AvgIpc) is 3.40. The van der Waals surface area contributed by atoms with Gasteiger partial charge in [-0.25, -0.2) is 0 Å². The van der Waals surface area contributed by atoms with Gasteiger partial charge < -0.3 is 14.2 Å². The zero-order valence-corrected chi connectivity index (χ0v) is 49.3. The highest BCUT2D eigenvalue weighted by atomic mass is 16.6. The van der Waals surface area contributed by atoms with E-state index >= 15 is 0 Å². The minimum absolute atomic E-state index is 0.0743. The summed E-state index contributed by atoms with van der Waals surface area (Å²) < 4.78 is 17.6. The van der Waals surface area contributed by atoms with Crippen LogP contribution in [-0.2, 0) is 23.8 Å². The number of carbonyl (C=O) groups is 2. The Bertz CT molecular complexity index is 1350. The van der Waals surface area contributed by atoms with Gasteiger partial charge in [0.25, 0.3) is 0 Å². The van der Waals surface area contributed by atoms with Crippen molar-refractivity contribution in [3.8, 4) is 0 Å². The molecule has 0 radical (unpaired) electrons. The molecule has 74 heavy (non-hydrogen) atoms. The summed E-state index contributed by atoms with van der Waals surface area (Å²) in [4.78, 5) is 25.6. The van der Waals surface area contributed by atoms with E-state index in [9.17, 15) is 9.59 Å². The van der Waals surface area contributed by atoms with E-state index in [4.69, 9.17) is 14.2 Å². The fraction of sp³-hybridized carbons (Fsp3) is 0.768. The number of carbonyl (C=O) groups excluding carboxylic acids is 2. The van der Waals surface area contributed by atoms with Gasteiger partial charge in [-0.3, -0.25) is 9.59 Å². The Labute approximate surface area is 460 Å². The molecular weight excluding hydrogens is 909 g/mol. The molecule has 0 aliphatic heterocycles. The van der Waals surface area contributed by atoms with Crippen molar-refractivity contribution >= 4 is 11.9 Å². The minimum atomic E-state index is -0.550. The lowest BCUT2D eigenvalue weighted by Crippen LogP contribution is -2.30. The molecule has 5 heteroatoms. The van der Waals surface area contributed by atoms with Gasteiger partial charge in [0, 0.05) is 19.4 Å². The van der Waals surface area contributed by atoms with E-state index < -0.39 is 6.10 Å². The van der Waals surface area contributed by atoms with E-state index in [2.05, 4.69) is 106 Å². The van der Waals surface area contributed by atoms with Crippen LogP contribution in [-0.4, -0.2) is 37.9 Å². The quantitative estimate of drug-likeness (QED) is 0.0345. The maximum atomic E-state index is 12.9. The number of allylic oxidation sites excluding steroid dienone is 14. The van der Waals surface area contributed by atoms with E-state index in [1.54, 1.807) is 0 Å². The summed E-state index contributed by atoms with van der Waals surface area (Å²) in [7, 11) is 0. The predicted octanol–water partition coefficient (Wildman–Crippen LogP) is 22.4. The number of hydrogen-bond acceptors (Lipinski definition) is 5. The Kier molecular flexibility index (Phi) is 61.8. The van der Waals surface area contributed by atoms with Crippen molar-refractivity contribution in [2.75, 3.05) is 19.8 Å². The van der Waals surface area contributed by atoms with E-state index in [1.165, 1.54) is 199 Å². The highest BCUT2D eigenvalue weighted by Crippen LogP contribution is 2.16. The van der Waals surface area contributed by atoms with E-state index in [1.807, 2.05) is 0 Å². The van der Waals surface area contributed by atoms with Crippen molar-refractivity contribution in [3.63, 3.8) is 0 Å². The van der Waals surface area contributed by atoms with Gasteiger partial charge in [0.1, 0.15) is 6.61 Å². The molecule has 0 fully saturated rings.